The van der Waals surface area contributed by atoms with Crippen LogP contribution < -0.4 is 19.9 Å². The Morgan fingerprint density at radius 3 is 1.56 bits per heavy atom. The first-order valence-electron chi connectivity index (χ1n) is 19.2. The van der Waals surface area contributed by atoms with Gasteiger partial charge in [-0.2, -0.15) is 5.26 Å². The minimum Gasteiger partial charge on any atom is -0.490 e. The van der Waals surface area contributed by atoms with Gasteiger partial charge in [-0.15, -0.1) is 0 Å². The van der Waals surface area contributed by atoms with Crippen molar-refractivity contribution < 1.29 is 28.9 Å². The van der Waals surface area contributed by atoms with Gasteiger partial charge >= 0.3 is 5.97 Å². The van der Waals surface area contributed by atoms with Crippen LogP contribution in [0.25, 0.3) is 0 Å². The lowest BCUT2D eigenvalue weighted by Crippen LogP contribution is -2.24. The number of aromatic nitrogens is 5. The number of aryl methyl sites for hydroxylation is 3. The number of nitriles is 1. The molecule has 5 aromatic heterocycles. The van der Waals surface area contributed by atoms with Crippen LogP contribution in [0.2, 0.25) is 0 Å². The van der Waals surface area contributed by atoms with Gasteiger partial charge < -0.3 is 25.1 Å². The third kappa shape index (κ3) is 14.0. The predicted molar refractivity (Wildman–Crippen MR) is 214 cm³/mol. The molecule has 0 aromatic carbocycles. The predicted octanol–water partition coefficient (Wildman–Crippen LogP) is 8.02. The number of pyridine rings is 5. The summed E-state index contributed by atoms with van der Waals surface area (Å²) in [5, 5.41) is 17.5. The summed E-state index contributed by atoms with van der Waals surface area (Å²) >= 11 is 0. The fraction of sp³-hybridized carbons (Fsp3) is 0.364. The van der Waals surface area contributed by atoms with Gasteiger partial charge in [0.15, 0.2) is 11.5 Å². The summed E-state index contributed by atoms with van der Waals surface area (Å²) in [7, 11) is 0. The lowest BCUT2D eigenvalue weighted by molar-refractivity contribution is 0.0687. The van der Waals surface area contributed by atoms with Crippen LogP contribution in [0.4, 0.5) is 5.82 Å². The first-order chi connectivity index (χ1) is 27.5. The number of hydrogen-bond donors (Lipinski definition) is 2. The number of carboxylic acid groups (broad SMARTS) is 1. The number of carbonyl (C=O) groups excluding carboxylic acids is 1. The van der Waals surface area contributed by atoms with Crippen LogP contribution in [0.15, 0.2) is 85.2 Å². The van der Waals surface area contributed by atoms with E-state index in [-0.39, 0.29) is 24.0 Å². The number of ether oxygens (including phenoxy) is 3. The molecule has 296 valence electrons. The number of anilines is 1. The molecule has 0 atom stereocenters. The van der Waals surface area contributed by atoms with Gasteiger partial charge in [0, 0.05) is 71.6 Å². The number of rotatable bonds is 10. The molecule has 3 N–H and O–H groups in total. The molecule has 8 rings (SSSR count). The third-order valence-corrected chi connectivity index (χ3v) is 9.22. The van der Waals surface area contributed by atoms with E-state index in [1.54, 1.807) is 43.6 Å². The molecule has 0 spiro atoms. The number of carboxylic acids is 1. The van der Waals surface area contributed by atoms with Crippen molar-refractivity contribution >= 4 is 17.6 Å². The summed E-state index contributed by atoms with van der Waals surface area (Å²) in [5.74, 6) is 1.66. The summed E-state index contributed by atoms with van der Waals surface area (Å²) in [6.45, 7) is 5.51. The van der Waals surface area contributed by atoms with Gasteiger partial charge in [-0.25, -0.2) is 24.7 Å². The molecule has 0 bridgehead atoms. The summed E-state index contributed by atoms with van der Waals surface area (Å²) < 4.78 is 17.2. The molecule has 0 aliphatic heterocycles. The molecule has 3 saturated carbocycles. The number of Topliss-reactive ketones (excluding diaryl/α,β-unsaturated/α-hetero) is 1. The highest BCUT2D eigenvalue weighted by atomic mass is 16.5. The molecule has 0 unspecified atom stereocenters. The number of carbonyl (C=O) groups is 2. The van der Waals surface area contributed by atoms with Gasteiger partial charge in [0.1, 0.15) is 40.5 Å². The Balaban J connectivity index is 0.000000153. The minimum atomic E-state index is -1.02. The second kappa shape index (κ2) is 21.0. The van der Waals surface area contributed by atoms with Crippen molar-refractivity contribution in [2.45, 2.75) is 103 Å². The molecular weight excluding hydrogens is 723 g/mol. The molecule has 5 heterocycles. The van der Waals surface area contributed by atoms with E-state index in [2.05, 4.69) is 24.9 Å². The SMILES string of the molecule is Cc1cc(OC2CCC2)cc(C#N)n1.Cc1cc(OC2CCC2)cc(C(=O)Cc2ccccn2)n1.Cc1cc(OC2CCC2)cc(C(=O)O)n1.Nc1ccccn1. The molecule has 0 amide bonds. The van der Waals surface area contributed by atoms with Crippen LogP contribution in [0.1, 0.15) is 107 Å². The Morgan fingerprint density at radius 2 is 1.16 bits per heavy atom. The van der Waals surface area contributed by atoms with Crippen LogP contribution in [0.5, 0.6) is 17.2 Å². The Hall–Kier alpha value is -6.42. The van der Waals surface area contributed by atoms with Gasteiger partial charge in [0.05, 0.1) is 24.7 Å². The van der Waals surface area contributed by atoms with Crippen molar-refractivity contribution in [1.29, 1.82) is 5.26 Å². The average molecular weight is 772 g/mol. The molecule has 0 saturated heterocycles. The fourth-order valence-corrected chi connectivity index (χ4v) is 5.60. The van der Waals surface area contributed by atoms with Crippen molar-refractivity contribution in [1.82, 2.24) is 24.9 Å². The van der Waals surface area contributed by atoms with Crippen molar-refractivity contribution in [2.24, 2.45) is 0 Å². The summed E-state index contributed by atoms with van der Waals surface area (Å²) in [5.41, 5.74) is 9.24. The maximum atomic E-state index is 12.3. The lowest BCUT2D eigenvalue weighted by Gasteiger charge is -2.26. The first kappa shape index (κ1) is 41.7. The summed E-state index contributed by atoms with van der Waals surface area (Å²) in [6.07, 6.45) is 14.8. The number of ketones is 1. The molecule has 3 fully saturated rings. The maximum absolute atomic E-state index is 12.3. The third-order valence-electron chi connectivity index (χ3n) is 9.22. The van der Waals surface area contributed by atoms with Crippen LogP contribution in [0.3, 0.4) is 0 Å². The molecular formula is C44H49N7O6. The fourth-order valence-electron chi connectivity index (χ4n) is 5.60. The van der Waals surface area contributed by atoms with E-state index in [1.165, 1.54) is 25.3 Å². The van der Waals surface area contributed by atoms with Crippen molar-refractivity contribution in [3.05, 3.63) is 125 Å². The largest absolute Gasteiger partial charge is 0.490 e. The second-order valence-electron chi connectivity index (χ2n) is 14.1. The van der Waals surface area contributed by atoms with Crippen molar-refractivity contribution in [2.75, 3.05) is 5.73 Å². The van der Waals surface area contributed by atoms with E-state index in [4.69, 9.17) is 30.3 Å². The first-order valence-corrected chi connectivity index (χ1v) is 19.2. The minimum absolute atomic E-state index is 0.0316. The zero-order chi connectivity index (χ0) is 40.6. The number of aromatic carboxylic acids is 1. The highest BCUT2D eigenvalue weighted by molar-refractivity contribution is 5.95. The zero-order valence-electron chi connectivity index (χ0n) is 32.6. The van der Waals surface area contributed by atoms with Crippen molar-refractivity contribution in [3.8, 4) is 23.3 Å². The van der Waals surface area contributed by atoms with E-state index in [1.807, 2.05) is 62.4 Å². The topological polar surface area (TPSA) is 196 Å². The van der Waals surface area contributed by atoms with Crippen LogP contribution in [0, 0.1) is 32.1 Å². The highest BCUT2D eigenvalue weighted by Crippen LogP contribution is 2.28. The summed E-state index contributed by atoms with van der Waals surface area (Å²) in [4.78, 5) is 43.3. The Kier molecular flexibility index (Phi) is 15.4. The lowest BCUT2D eigenvalue weighted by atomic mass is 9.96. The molecule has 13 heteroatoms. The average Bonchev–Trinajstić information content (AvgIpc) is 3.14. The van der Waals surface area contributed by atoms with E-state index < -0.39 is 5.97 Å². The van der Waals surface area contributed by atoms with Crippen LogP contribution in [-0.4, -0.2) is 60.1 Å². The molecule has 3 aliphatic rings. The monoisotopic (exact) mass is 771 g/mol. The molecule has 0 radical (unpaired) electrons. The van der Waals surface area contributed by atoms with Gasteiger partial charge in [-0.3, -0.25) is 9.78 Å². The zero-order valence-corrected chi connectivity index (χ0v) is 32.6. The molecule has 5 aromatic rings. The van der Waals surface area contributed by atoms with Gasteiger partial charge in [0.25, 0.3) is 0 Å². The standard InChI is InChI=1S/C17H18N2O2.C11H12N2O.C11H13NO3.C5H6N2/c1-12-9-15(21-14-6-4-7-14)11-16(19-12)17(20)10-13-5-2-3-8-18-13;1-8-5-11(6-9(7-12)13-8)14-10-3-2-4-10;1-7-5-9(15-8-3-2-4-8)6-10(12-7)11(13)14;6-5-3-1-2-4-7-5/h2-3,5,8-9,11,14H,4,6-7,10H2,1H3;5-6,10H,2-4H2,1H3;5-6,8H,2-4H2,1H3,(H,13,14);1-4H,(H2,6,7). The van der Waals surface area contributed by atoms with E-state index >= 15 is 0 Å². The highest BCUT2D eigenvalue weighted by Gasteiger charge is 2.22. The second-order valence-corrected chi connectivity index (χ2v) is 14.1. The Morgan fingerprint density at radius 1 is 0.684 bits per heavy atom. The van der Waals surface area contributed by atoms with Crippen LogP contribution in [-0.2, 0) is 6.42 Å². The van der Waals surface area contributed by atoms with Gasteiger partial charge in [0.2, 0.25) is 0 Å². The Bertz CT molecular complexity index is 2120. The normalized spacial score (nSPS) is 14.4. The van der Waals surface area contributed by atoms with E-state index in [9.17, 15) is 9.59 Å². The smallest absolute Gasteiger partial charge is 0.354 e. The van der Waals surface area contributed by atoms with Crippen molar-refractivity contribution in [3.63, 3.8) is 0 Å². The number of hydrogen-bond acceptors (Lipinski definition) is 12. The van der Waals surface area contributed by atoms with Crippen LogP contribution >= 0.6 is 0 Å². The summed E-state index contributed by atoms with van der Waals surface area (Å²) in [6, 6.07) is 23.5. The maximum Gasteiger partial charge on any atom is 0.354 e. The number of nitrogens with zero attached hydrogens (tertiary/aromatic N) is 6. The van der Waals surface area contributed by atoms with Gasteiger partial charge in [-0.1, -0.05) is 12.1 Å². The molecule has 3 aliphatic carbocycles. The number of nitrogen functional groups attached to an aromatic ring is 1. The van der Waals surface area contributed by atoms with Gasteiger partial charge in [-0.05, 0) is 103 Å². The quantitative estimate of drug-likeness (QED) is 0.130. The number of nitrogens with two attached hydrogens (primary N) is 1. The molecule has 13 nitrogen and oxygen atoms in total. The molecule has 57 heavy (non-hydrogen) atoms. The van der Waals surface area contributed by atoms with E-state index in [0.29, 0.717) is 40.9 Å². The Labute approximate surface area is 333 Å². The van der Waals surface area contributed by atoms with E-state index in [0.717, 1.165) is 67.1 Å².